The standard InChI is InChI=1S/C5H4F3NO3/c6-5(7,8)4(11)12-2-1-9-3-10/h1-2H2. The maximum absolute atomic E-state index is 11.4. The van der Waals surface area contributed by atoms with Gasteiger partial charge >= 0.3 is 12.1 Å². The second-order valence-electron chi connectivity index (χ2n) is 1.61. The van der Waals surface area contributed by atoms with E-state index in [9.17, 15) is 22.8 Å². The van der Waals surface area contributed by atoms with Gasteiger partial charge in [0.2, 0.25) is 6.08 Å². The van der Waals surface area contributed by atoms with Crippen LogP contribution in [0, 0.1) is 0 Å². The van der Waals surface area contributed by atoms with Crippen molar-refractivity contribution in [2.45, 2.75) is 6.18 Å². The molecule has 0 radical (unpaired) electrons. The highest BCUT2D eigenvalue weighted by atomic mass is 19.4. The number of halogens is 3. The molecule has 0 fully saturated rings. The molecule has 0 aliphatic carbocycles. The Labute approximate surface area is 65.0 Å². The summed E-state index contributed by atoms with van der Waals surface area (Å²) < 4.78 is 37.8. The Balaban J connectivity index is 3.65. The van der Waals surface area contributed by atoms with Crippen LogP contribution >= 0.6 is 0 Å². The second-order valence-corrected chi connectivity index (χ2v) is 1.61. The van der Waals surface area contributed by atoms with Gasteiger partial charge in [-0.3, -0.25) is 0 Å². The van der Waals surface area contributed by atoms with Crippen LogP contribution in [0.15, 0.2) is 4.99 Å². The summed E-state index contributed by atoms with van der Waals surface area (Å²) in [4.78, 5) is 22.2. The molecule has 0 aromatic carbocycles. The van der Waals surface area contributed by atoms with E-state index in [1.165, 1.54) is 0 Å². The summed E-state index contributed by atoms with van der Waals surface area (Å²) in [7, 11) is 0. The number of aliphatic imine (C=N–C) groups is 1. The Kier molecular flexibility index (Phi) is 3.99. The molecule has 4 nitrogen and oxygen atoms in total. The molecular formula is C5H4F3NO3. The molecule has 0 rings (SSSR count). The predicted octanol–water partition coefficient (Wildman–Crippen LogP) is 0.428. The number of hydrogen-bond acceptors (Lipinski definition) is 4. The van der Waals surface area contributed by atoms with Crippen LogP contribution in [0.2, 0.25) is 0 Å². The van der Waals surface area contributed by atoms with Gasteiger partial charge in [0.05, 0.1) is 6.54 Å². The molecule has 0 spiro atoms. The van der Waals surface area contributed by atoms with Crippen LogP contribution in [0.25, 0.3) is 0 Å². The molecule has 0 bridgehead atoms. The number of esters is 1. The summed E-state index contributed by atoms with van der Waals surface area (Å²) >= 11 is 0. The van der Waals surface area contributed by atoms with Crippen LogP contribution in [0.4, 0.5) is 13.2 Å². The summed E-state index contributed by atoms with van der Waals surface area (Å²) in [5, 5.41) is 0. The van der Waals surface area contributed by atoms with Gasteiger partial charge in [-0.15, -0.1) is 0 Å². The van der Waals surface area contributed by atoms with Crippen molar-refractivity contribution in [3.8, 4) is 0 Å². The number of rotatable bonds is 3. The number of carbonyl (C=O) groups excluding carboxylic acids is 2. The zero-order chi connectivity index (χ0) is 9.61. The van der Waals surface area contributed by atoms with Crippen molar-refractivity contribution in [3.05, 3.63) is 0 Å². The average molecular weight is 183 g/mol. The van der Waals surface area contributed by atoms with Crippen molar-refractivity contribution in [1.82, 2.24) is 0 Å². The minimum atomic E-state index is -5.00. The molecule has 0 unspecified atom stereocenters. The van der Waals surface area contributed by atoms with Crippen LogP contribution in [-0.4, -0.2) is 31.4 Å². The van der Waals surface area contributed by atoms with E-state index in [1.807, 2.05) is 0 Å². The SMILES string of the molecule is O=C=NCCOC(=O)C(F)(F)F. The number of carbonyl (C=O) groups is 1. The third-order valence-electron chi connectivity index (χ3n) is 0.732. The van der Waals surface area contributed by atoms with E-state index in [-0.39, 0.29) is 6.54 Å². The third-order valence-corrected chi connectivity index (χ3v) is 0.732. The molecule has 0 atom stereocenters. The van der Waals surface area contributed by atoms with E-state index in [0.717, 1.165) is 6.08 Å². The molecule has 0 aromatic heterocycles. The first-order valence-electron chi connectivity index (χ1n) is 2.76. The van der Waals surface area contributed by atoms with Crippen LogP contribution < -0.4 is 0 Å². The molecule has 0 amide bonds. The van der Waals surface area contributed by atoms with E-state index < -0.39 is 18.8 Å². The highest BCUT2D eigenvalue weighted by Gasteiger charge is 2.40. The van der Waals surface area contributed by atoms with Gasteiger partial charge in [-0.2, -0.15) is 13.2 Å². The maximum atomic E-state index is 11.4. The molecule has 0 aromatic rings. The normalized spacial score (nSPS) is 10.2. The molecule has 0 saturated heterocycles. The smallest absolute Gasteiger partial charge is 0.457 e. The number of hydrogen-bond donors (Lipinski definition) is 0. The topological polar surface area (TPSA) is 55.7 Å². The second kappa shape index (κ2) is 4.50. The van der Waals surface area contributed by atoms with Gasteiger partial charge in [-0.05, 0) is 0 Å². The van der Waals surface area contributed by atoms with Crippen molar-refractivity contribution in [2.24, 2.45) is 4.99 Å². The van der Waals surface area contributed by atoms with Gasteiger partial charge < -0.3 is 4.74 Å². The fourth-order valence-corrected chi connectivity index (χ4v) is 0.311. The first kappa shape index (κ1) is 10.6. The fourth-order valence-electron chi connectivity index (χ4n) is 0.311. The van der Waals surface area contributed by atoms with E-state index in [4.69, 9.17) is 0 Å². The summed E-state index contributed by atoms with van der Waals surface area (Å²) in [5.41, 5.74) is 0. The van der Waals surface area contributed by atoms with Crippen LogP contribution in [-0.2, 0) is 14.3 Å². The van der Waals surface area contributed by atoms with Gasteiger partial charge in [0.15, 0.2) is 0 Å². The zero-order valence-electron chi connectivity index (χ0n) is 5.72. The summed E-state index contributed by atoms with van der Waals surface area (Å²) in [6.45, 7) is -0.890. The van der Waals surface area contributed by atoms with E-state index in [2.05, 4.69) is 9.73 Å². The first-order valence-corrected chi connectivity index (χ1v) is 2.76. The van der Waals surface area contributed by atoms with Crippen molar-refractivity contribution in [2.75, 3.05) is 13.2 Å². The molecule has 68 valence electrons. The zero-order valence-corrected chi connectivity index (χ0v) is 5.72. The van der Waals surface area contributed by atoms with Crippen molar-refractivity contribution >= 4 is 12.0 Å². The number of ether oxygens (including phenoxy) is 1. The molecular weight excluding hydrogens is 179 g/mol. The molecule has 0 saturated carbocycles. The molecule has 0 heterocycles. The maximum Gasteiger partial charge on any atom is 0.490 e. The Hall–Kier alpha value is -1.36. The summed E-state index contributed by atoms with van der Waals surface area (Å²) in [6, 6.07) is 0. The van der Waals surface area contributed by atoms with Gasteiger partial charge in [-0.1, -0.05) is 0 Å². The minimum absolute atomic E-state index is 0.314. The van der Waals surface area contributed by atoms with Gasteiger partial charge in [-0.25, -0.2) is 14.6 Å². The van der Waals surface area contributed by atoms with Crippen LogP contribution in [0.1, 0.15) is 0 Å². The lowest BCUT2D eigenvalue weighted by atomic mass is 10.6. The predicted molar refractivity (Wildman–Crippen MR) is 30.0 cm³/mol. The Morgan fingerprint density at radius 3 is 2.50 bits per heavy atom. The van der Waals surface area contributed by atoms with E-state index >= 15 is 0 Å². The molecule has 0 N–H and O–H groups in total. The minimum Gasteiger partial charge on any atom is -0.457 e. The third kappa shape index (κ3) is 4.45. The fraction of sp³-hybridized carbons (Fsp3) is 0.600. The number of nitrogens with zero attached hydrogens (tertiary/aromatic N) is 1. The molecule has 0 aliphatic heterocycles. The lowest BCUT2D eigenvalue weighted by molar-refractivity contribution is -0.199. The van der Waals surface area contributed by atoms with Crippen molar-refractivity contribution in [3.63, 3.8) is 0 Å². The Morgan fingerprint density at radius 2 is 2.08 bits per heavy atom. The van der Waals surface area contributed by atoms with Gasteiger partial charge in [0.25, 0.3) is 0 Å². The van der Waals surface area contributed by atoms with Crippen LogP contribution in [0.3, 0.4) is 0 Å². The van der Waals surface area contributed by atoms with Gasteiger partial charge in [0, 0.05) is 0 Å². The number of isocyanates is 1. The molecule has 12 heavy (non-hydrogen) atoms. The van der Waals surface area contributed by atoms with Crippen molar-refractivity contribution in [1.29, 1.82) is 0 Å². The summed E-state index contributed by atoms with van der Waals surface area (Å²) in [6.07, 6.45) is -3.91. The number of alkyl halides is 3. The van der Waals surface area contributed by atoms with E-state index in [1.54, 1.807) is 0 Å². The largest absolute Gasteiger partial charge is 0.490 e. The Bertz CT molecular complexity index is 206. The van der Waals surface area contributed by atoms with Crippen LogP contribution in [0.5, 0.6) is 0 Å². The highest BCUT2D eigenvalue weighted by molar-refractivity contribution is 5.75. The Morgan fingerprint density at radius 1 is 1.50 bits per heavy atom. The summed E-state index contributed by atoms with van der Waals surface area (Å²) in [5.74, 6) is -2.29. The molecule has 0 aliphatic rings. The monoisotopic (exact) mass is 183 g/mol. The van der Waals surface area contributed by atoms with Crippen molar-refractivity contribution < 1.29 is 27.5 Å². The average Bonchev–Trinajstić information content (AvgIpc) is 1.96. The lowest BCUT2D eigenvalue weighted by Gasteiger charge is -2.04. The quantitative estimate of drug-likeness (QED) is 0.276. The first-order chi connectivity index (χ1) is 5.48. The van der Waals surface area contributed by atoms with E-state index in [0.29, 0.717) is 0 Å². The highest BCUT2D eigenvalue weighted by Crippen LogP contribution is 2.15. The lowest BCUT2D eigenvalue weighted by Crippen LogP contribution is -2.26. The molecule has 7 heteroatoms. The van der Waals surface area contributed by atoms with Gasteiger partial charge in [0.1, 0.15) is 6.61 Å².